The van der Waals surface area contributed by atoms with Gasteiger partial charge in [-0.05, 0) is 51.2 Å². The van der Waals surface area contributed by atoms with Crippen LogP contribution in [0.5, 0.6) is 0 Å². The fraction of sp³-hybridized carbons (Fsp3) is 0.938. The molecule has 0 aromatic heterocycles. The lowest BCUT2D eigenvalue weighted by Gasteiger charge is -2.33. The monoisotopic (exact) mass is 295 g/mol. The molecule has 0 unspecified atom stereocenters. The maximum Gasteiger partial charge on any atom is 0.157 e. The zero-order chi connectivity index (χ0) is 13.8. The van der Waals surface area contributed by atoms with Gasteiger partial charge in [-0.3, -0.25) is 4.99 Å². The molecule has 1 spiro atoms. The Bertz CT molecular complexity index is 342. The van der Waals surface area contributed by atoms with Crippen molar-refractivity contribution in [1.82, 2.24) is 10.2 Å². The molecule has 0 aromatic carbocycles. The number of aliphatic imine (C=N–C) groups is 1. The number of likely N-dealkylation sites (tertiary alicyclic amines) is 1. The third-order valence-corrected chi connectivity index (χ3v) is 6.52. The van der Waals surface area contributed by atoms with E-state index in [1.807, 2.05) is 11.8 Å². The highest BCUT2D eigenvalue weighted by Crippen LogP contribution is 2.36. The second kappa shape index (κ2) is 6.69. The first-order chi connectivity index (χ1) is 9.80. The molecule has 0 radical (unpaired) electrons. The minimum Gasteiger partial charge on any atom is -0.359 e. The first-order valence-electron chi connectivity index (χ1n) is 8.47. The van der Waals surface area contributed by atoms with E-state index < -0.39 is 0 Å². The van der Waals surface area contributed by atoms with Crippen LogP contribution in [0, 0.1) is 5.92 Å². The van der Waals surface area contributed by atoms with Crippen LogP contribution in [-0.2, 0) is 0 Å². The standard InChI is InChI=1S/C16H29N3S/c1-2-19-10-6-14(7-11-19)12-17-15-18-16(13-20-15)8-4-3-5-9-16/h14H,2-13H2,1H3,(H,17,18). The summed E-state index contributed by atoms with van der Waals surface area (Å²) < 4.78 is 0. The van der Waals surface area contributed by atoms with Crippen LogP contribution in [0.1, 0.15) is 51.9 Å². The minimum atomic E-state index is 0.410. The summed E-state index contributed by atoms with van der Waals surface area (Å²) in [5, 5.41) is 5.01. The number of piperidine rings is 1. The maximum atomic E-state index is 4.90. The highest BCUT2D eigenvalue weighted by molar-refractivity contribution is 8.14. The molecule has 1 aliphatic carbocycles. The number of rotatable bonds is 3. The summed E-state index contributed by atoms with van der Waals surface area (Å²) in [6, 6.07) is 0. The van der Waals surface area contributed by atoms with Gasteiger partial charge in [-0.15, -0.1) is 0 Å². The molecule has 3 nitrogen and oxygen atoms in total. The van der Waals surface area contributed by atoms with E-state index in [9.17, 15) is 0 Å². The van der Waals surface area contributed by atoms with Crippen LogP contribution in [0.15, 0.2) is 4.99 Å². The van der Waals surface area contributed by atoms with E-state index in [1.54, 1.807) is 0 Å². The van der Waals surface area contributed by atoms with E-state index in [2.05, 4.69) is 17.1 Å². The van der Waals surface area contributed by atoms with Crippen molar-refractivity contribution in [3.8, 4) is 0 Å². The first-order valence-corrected chi connectivity index (χ1v) is 9.46. The summed E-state index contributed by atoms with van der Waals surface area (Å²) >= 11 is 1.97. The SMILES string of the molecule is CCN1CCC(CN=C2NC3(CCCCC3)CS2)CC1. The number of thioether (sulfide) groups is 1. The number of hydrogen-bond acceptors (Lipinski definition) is 3. The quantitative estimate of drug-likeness (QED) is 0.867. The molecule has 20 heavy (non-hydrogen) atoms. The van der Waals surface area contributed by atoms with Crippen LogP contribution < -0.4 is 5.32 Å². The maximum absolute atomic E-state index is 4.90. The number of hydrogen-bond donors (Lipinski definition) is 1. The molecule has 1 saturated carbocycles. The van der Waals surface area contributed by atoms with Gasteiger partial charge in [0.2, 0.25) is 0 Å². The van der Waals surface area contributed by atoms with Gasteiger partial charge in [0.15, 0.2) is 5.17 Å². The molecule has 0 bridgehead atoms. The van der Waals surface area contributed by atoms with Crippen molar-refractivity contribution >= 4 is 16.9 Å². The molecule has 1 N–H and O–H groups in total. The summed E-state index contributed by atoms with van der Waals surface area (Å²) in [5.74, 6) is 2.07. The third kappa shape index (κ3) is 3.51. The van der Waals surface area contributed by atoms with Crippen molar-refractivity contribution in [1.29, 1.82) is 0 Å². The van der Waals surface area contributed by atoms with Gasteiger partial charge in [0.05, 0.1) is 0 Å². The molecule has 4 heteroatoms. The summed E-state index contributed by atoms with van der Waals surface area (Å²) in [5.41, 5.74) is 0.410. The van der Waals surface area contributed by atoms with Crippen molar-refractivity contribution < 1.29 is 0 Å². The molecule has 3 rings (SSSR count). The molecule has 0 aromatic rings. The Morgan fingerprint density at radius 2 is 2.00 bits per heavy atom. The molecular weight excluding hydrogens is 266 g/mol. The first kappa shape index (κ1) is 14.7. The molecular formula is C16H29N3S. The average Bonchev–Trinajstić information content (AvgIpc) is 2.89. The molecule has 3 aliphatic rings. The highest BCUT2D eigenvalue weighted by atomic mass is 32.2. The molecule has 3 fully saturated rings. The van der Waals surface area contributed by atoms with E-state index in [0.29, 0.717) is 5.54 Å². The van der Waals surface area contributed by atoms with Gasteiger partial charge >= 0.3 is 0 Å². The topological polar surface area (TPSA) is 27.6 Å². The van der Waals surface area contributed by atoms with Crippen molar-refractivity contribution in [2.75, 3.05) is 31.9 Å². The summed E-state index contributed by atoms with van der Waals surface area (Å²) in [6.07, 6.45) is 9.60. The van der Waals surface area contributed by atoms with Gasteiger partial charge < -0.3 is 10.2 Å². The number of amidine groups is 1. The van der Waals surface area contributed by atoms with Crippen LogP contribution >= 0.6 is 11.8 Å². The van der Waals surface area contributed by atoms with E-state index >= 15 is 0 Å². The molecule has 114 valence electrons. The number of nitrogens with zero attached hydrogens (tertiary/aromatic N) is 2. The Morgan fingerprint density at radius 3 is 2.70 bits per heavy atom. The fourth-order valence-corrected chi connectivity index (χ4v) is 5.01. The van der Waals surface area contributed by atoms with Crippen molar-refractivity contribution in [3.63, 3.8) is 0 Å². The van der Waals surface area contributed by atoms with Gasteiger partial charge in [0.25, 0.3) is 0 Å². The lowest BCUT2D eigenvalue weighted by Crippen LogP contribution is -2.45. The van der Waals surface area contributed by atoms with E-state index in [4.69, 9.17) is 4.99 Å². The zero-order valence-electron chi connectivity index (χ0n) is 12.9. The van der Waals surface area contributed by atoms with Gasteiger partial charge in [-0.2, -0.15) is 0 Å². The summed E-state index contributed by atoms with van der Waals surface area (Å²) in [7, 11) is 0. The normalized spacial score (nSPS) is 29.9. The van der Waals surface area contributed by atoms with Crippen LogP contribution in [0.25, 0.3) is 0 Å². The Labute approximate surface area is 128 Å². The second-order valence-corrected chi connectivity index (χ2v) is 7.74. The van der Waals surface area contributed by atoms with Gasteiger partial charge in [-0.1, -0.05) is 37.9 Å². The Hall–Kier alpha value is -0.220. The van der Waals surface area contributed by atoms with E-state index in [1.165, 1.54) is 75.5 Å². The average molecular weight is 295 g/mol. The lowest BCUT2D eigenvalue weighted by molar-refractivity contribution is 0.196. The zero-order valence-corrected chi connectivity index (χ0v) is 13.7. The van der Waals surface area contributed by atoms with Crippen LogP contribution in [0.3, 0.4) is 0 Å². The summed E-state index contributed by atoms with van der Waals surface area (Å²) in [6.45, 7) is 7.07. The van der Waals surface area contributed by atoms with Crippen LogP contribution in [0.4, 0.5) is 0 Å². The smallest absolute Gasteiger partial charge is 0.157 e. The Balaban J connectivity index is 1.46. The van der Waals surface area contributed by atoms with Crippen LogP contribution in [-0.4, -0.2) is 47.5 Å². The predicted octanol–water partition coefficient (Wildman–Crippen LogP) is 3.11. The highest BCUT2D eigenvalue weighted by Gasteiger charge is 2.38. The number of nitrogens with one attached hydrogen (secondary N) is 1. The van der Waals surface area contributed by atoms with Crippen molar-refractivity contribution in [2.45, 2.75) is 57.4 Å². The molecule has 0 atom stereocenters. The molecule has 2 aliphatic heterocycles. The predicted molar refractivity (Wildman–Crippen MR) is 88.5 cm³/mol. The Morgan fingerprint density at radius 1 is 1.25 bits per heavy atom. The van der Waals surface area contributed by atoms with E-state index in [0.717, 1.165) is 12.5 Å². The largest absolute Gasteiger partial charge is 0.359 e. The van der Waals surface area contributed by atoms with E-state index in [-0.39, 0.29) is 0 Å². The molecule has 2 heterocycles. The Kier molecular flexibility index (Phi) is 4.92. The van der Waals surface area contributed by atoms with Crippen LogP contribution in [0.2, 0.25) is 0 Å². The lowest BCUT2D eigenvalue weighted by atomic mass is 9.83. The van der Waals surface area contributed by atoms with Gasteiger partial charge in [0, 0.05) is 17.8 Å². The van der Waals surface area contributed by atoms with Crippen molar-refractivity contribution in [3.05, 3.63) is 0 Å². The van der Waals surface area contributed by atoms with Crippen molar-refractivity contribution in [2.24, 2.45) is 10.9 Å². The second-order valence-electron chi connectivity index (χ2n) is 6.78. The van der Waals surface area contributed by atoms with Gasteiger partial charge in [0.1, 0.15) is 0 Å². The molecule has 0 amide bonds. The fourth-order valence-electron chi connectivity index (χ4n) is 3.79. The summed E-state index contributed by atoms with van der Waals surface area (Å²) in [4.78, 5) is 7.46. The van der Waals surface area contributed by atoms with Gasteiger partial charge in [-0.25, -0.2) is 0 Å². The molecule has 2 saturated heterocycles. The minimum absolute atomic E-state index is 0.410. The third-order valence-electron chi connectivity index (χ3n) is 5.32.